The van der Waals surface area contributed by atoms with Crippen molar-refractivity contribution >= 4 is 15.7 Å². The molecule has 0 amide bonds. The number of anilines is 1. The number of hydroxylamine groups is 1. The quantitative estimate of drug-likeness (QED) is 0.641. The molecule has 2 aromatic rings. The minimum Gasteiger partial charge on any atom is -0.497 e. The van der Waals surface area contributed by atoms with Crippen LogP contribution in [0.1, 0.15) is 25.0 Å². The van der Waals surface area contributed by atoms with Gasteiger partial charge in [0.2, 0.25) is 0 Å². The van der Waals surface area contributed by atoms with Crippen LogP contribution >= 0.6 is 0 Å². The zero-order chi connectivity index (χ0) is 18.7. The summed E-state index contributed by atoms with van der Waals surface area (Å²) >= 11 is 0. The fraction of sp³-hybridized carbons (Fsp3) is 0.263. The van der Waals surface area contributed by atoms with E-state index in [-0.39, 0.29) is 11.4 Å². The number of sulfonamides is 1. The number of nitrogens with zero attached hydrogens (tertiary/aromatic N) is 1. The summed E-state index contributed by atoms with van der Waals surface area (Å²) in [6, 6.07) is 13.5. The third-order valence-corrected chi connectivity index (χ3v) is 5.97. The van der Waals surface area contributed by atoms with Gasteiger partial charge in [0.1, 0.15) is 11.9 Å². The van der Waals surface area contributed by atoms with Gasteiger partial charge in [0.15, 0.2) is 0 Å². The molecular weight excluding hydrogens is 352 g/mol. The Bertz CT molecular complexity index is 890. The normalized spacial score (nSPS) is 18.4. The summed E-state index contributed by atoms with van der Waals surface area (Å²) in [6.45, 7) is 2.19. The molecular formula is C19H22N2O4S. The lowest BCUT2D eigenvalue weighted by Gasteiger charge is -2.32. The van der Waals surface area contributed by atoms with Crippen LogP contribution in [0.4, 0.5) is 5.69 Å². The third-order valence-electron chi connectivity index (χ3n) is 4.34. The first-order valence-corrected chi connectivity index (χ1v) is 9.77. The monoisotopic (exact) mass is 374 g/mol. The highest BCUT2D eigenvalue weighted by molar-refractivity contribution is 7.89. The van der Waals surface area contributed by atoms with E-state index in [1.54, 1.807) is 19.2 Å². The maximum absolute atomic E-state index is 12.9. The molecule has 1 atom stereocenters. The van der Waals surface area contributed by atoms with Gasteiger partial charge >= 0.3 is 0 Å². The van der Waals surface area contributed by atoms with Gasteiger partial charge in [0, 0.05) is 5.69 Å². The molecule has 0 radical (unpaired) electrons. The Morgan fingerprint density at radius 3 is 2.38 bits per heavy atom. The second kappa shape index (κ2) is 7.49. The molecule has 2 aromatic carbocycles. The van der Waals surface area contributed by atoms with Gasteiger partial charge in [0.05, 0.1) is 18.6 Å². The van der Waals surface area contributed by atoms with Crippen LogP contribution in [-0.2, 0) is 14.9 Å². The van der Waals surface area contributed by atoms with Crippen LogP contribution in [-0.4, -0.2) is 26.5 Å². The van der Waals surface area contributed by atoms with Gasteiger partial charge in [-0.1, -0.05) is 29.6 Å². The molecule has 2 N–H and O–H groups in total. The van der Waals surface area contributed by atoms with Crippen LogP contribution < -0.4 is 10.5 Å². The first-order chi connectivity index (χ1) is 12.5. The zero-order valence-electron chi connectivity index (χ0n) is 14.8. The highest BCUT2D eigenvalue weighted by atomic mass is 32.2. The van der Waals surface area contributed by atoms with E-state index < -0.39 is 16.1 Å². The summed E-state index contributed by atoms with van der Waals surface area (Å²) in [7, 11) is -2.18. The van der Waals surface area contributed by atoms with E-state index in [0.717, 1.165) is 27.8 Å². The minimum atomic E-state index is -3.78. The molecule has 3 rings (SSSR count). The van der Waals surface area contributed by atoms with Crippen molar-refractivity contribution in [3.63, 3.8) is 0 Å². The summed E-state index contributed by atoms with van der Waals surface area (Å²) in [5, 5.41) is 0. The van der Waals surface area contributed by atoms with Crippen molar-refractivity contribution in [3.8, 4) is 5.75 Å². The van der Waals surface area contributed by atoms with Crippen molar-refractivity contribution in [3.05, 3.63) is 65.7 Å². The summed E-state index contributed by atoms with van der Waals surface area (Å²) in [4.78, 5) is 6.05. The van der Waals surface area contributed by atoms with E-state index in [1.807, 2.05) is 37.3 Å². The lowest BCUT2D eigenvalue weighted by molar-refractivity contribution is -0.124. The van der Waals surface area contributed by atoms with Crippen molar-refractivity contribution in [2.45, 2.75) is 24.3 Å². The number of nitrogen functional groups attached to an aromatic ring is 1. The van der Waals surface area contributed by atoms with Gasteiger partial charge in [-0.3, -0.25) is 4.84 Å². The number of ether oxygens (including phenoxy) is 1. The highest BCUT2D eigenvalue weighted by Gasteiger charge is 2.32. The van der Waals surface area contributed by atoms with Gasteiger partial charge in [-0.15, -0.1) is 0 Å². The van der Waals surface area contributed by atoms with Crippen LogP contribution in [0.15, 0.2) is 65.1 Å². The molecule has 0 fully saturated rings. The van der Waals surface area contributed by atoms with Crippen LogP contribution in [0.3, 0.4) is 0 Å². The maximum atomic E-state index is 12.9. The Hall–Kier alpha value is -2.35. The minimum absolute atomic E-state index is 0.147. The Morgan fingerprint density at radius 2 is 1.81 bits per heavy atom. The molecule has 26 heavy (non-hydrogen) atoms. The van der Waals surface area contributed by atoms with Crippen LogP contribution in [0.5, 0.6) is 5.75 Å². The van der Waals surface area contributed by atoms with Crippen molar-refractivity contribution in [2.24, 2.45) is 0 Å². The van der Waals surface area contributed by atoms with Crippen molar-refractivity contribution < 1.29 is 18.0 Å². The van der Waals surface area contributed by atoms with E-state index in [0.29, 0.717) is 5.69 Å². The van der Waals surface area contributed by atoms with E-state index in [4.69, 9.17) is 15.3 Å². The van der Waals surface area contributed by atoms with Crippen LogP contribution in [0.2, 0.25) is 0 Å². The Labute approximate surface area is 153 Å². The largest absolute Gasteiger partial charge is 0.497 e. The van der Waals surface area contributed by atoms with Gasteiger partial charge in [-0.05, 0) is 54.0 Å². The Balaban J connectivity index is 1.91. The molecule has 0 saturated carbocycles. The van der Waals surface area contributed by atoms with Crippen molar-refractivity contribution in [1.29, 1.82) is 0 Å². The maximum Gasteiger partial charge on any atom is 0.265 e. The van der Waals surface area contributed by atoms with E-state index in [1.165, 1.54) is 12.1 Å². The second-order valence-corrected chi connectivity index (χ2v) is 7.78. The number of nitrogens with two attached hydrogens (primary N) is 1. The van der Waals surface area contributed by atoms with Gasteiger partial charge < -0.3 is 10.5 Å². The van der Waals surface area contributed by atoms with Crippen molar-refractivity contribution in [2.75, 3.05) is 19.4 Å². The number of methoxy groups -OCH3 is 1. The SMILES string of the molecule is CCC1=CCN(S(=O)(=O)c2ccc(N)cc2)OC1c1ccc(OC)cc1. The zero-order valence-corrected chi connectivity index (χ0v) is 15.6. The van der Waals surface area contributed by atoms with Gasteiger partial charge in [-0.2, -0.15) is 0 Å². The fourth-order valence-corrected chi connectivity index (χ4v) is 4.01. The fourth-order valence-electron chi connectivity index (χ4n) is 2.82. The average molecular weight is 374 g/mol. The van der Waals surface area contributed by atoms with Crippen LogP contribution in [0.25, 0.3) is 0 Å². The molecule has 1 aliphatic rings. The molecule has 0 aromatic heterocycles. The molecule has 1 heterocycles. The molecule has 1 unspecified atom stereocenters. The number of rotatable bonds is 5. The van der Waals surface area contributed by atoms with Crippen molar-refractivity contribution in [1.82, 2.24) is 4.47 Å². The average Bonchev–Trinajstić information content (AvgIpc) is 2.68. The molecule has 0 aliphatic carbocycles. The van der Waals surface area contributed by atoms with E-state index in [2.05, 4.69) is 0 Å². The smallest absolute Gasteiger partial charge is 0.265 e. The van der Waals surface area contributed by atoms with Gasteiger partial charge in [-0.25, -0.2) is 8.42 Å². The predicted octanol–water partition coefficient (Wildman–Crippen LogP) is 3.29. The van der Waals surface area contributed by atoms with E-state index in [9.17, 15) is 8.42 Å². The molecule has 0 spiro atoms. The Morgan fingerprint density at radius 1 is 1.15 bits per heavy atom. The third kappa shape index (κ3) is 3.60. The van der Waals surface area contributed by atoms with E-state index >= 15 is 0 Å². The lowest BCUT2D eigenvalue weighted by Crippen LogP contribution is -2.36. The predicted molar refractivity (Wildman–Crippen MR) is 99.9 cm³/mol. The first-order valence-electron chi connectivity index (χ1n) is 8.33. The molecule has 7 heteroatoms. The molecule has 0 saturated heterocycles. The number of benzene rings is 2. The summed E-state index contributed by atoms with van der Waals surface area (Å²) in [5.41, 5.74) is 8.07. The summed E-state index contributed by atoms with van der Waals surface area (Å²) < 4.78 is 32.0. The summed E-state index contributed by atoms with van der Waals surface area (Å²) in [6.07, 6.45) is 2.22. The first kappa shape index (κ1) is 18.4. The highest BCUT2D eigenvalue weighted by Crippen LogP contribution is 2.35. The van der Waals surface area contributed by atoms with Gasteiger partial charge in [0.25, 0.3) is 10.0 Å². The molecule has 1 aliphatic heterocycles. The second-order valence-electron chi connectivity index (χ2n) is 5.95. The summed E-state index contributed by atoms with van der Waals surface area (Å²) in [5.74, 6) is 0.734. The lowest BCUT2D eigenvalue weighted by atomic mass is 9.98. The molecule has 0 bridgehead atoms. The standard InChI is InChI=1S/C19H22N2O4S/c1-3-14-12-13-21(26(22,23)18-10-6-16(20)7-11-18)25-19(14)15-4-8-17(24-2)9-5-15/h4-12,19H,3,13,20H2,1-2H3. The van der Waals surface area contributed by atoms with Crippen LogP contribution in [0, 0.1) is 0 Å². The molecule has 138 valence electrons. The molecule has 6 nitrogen and oxygen atoms in total. The number of hydrogen-bond acceptors (Lipinski definition) is 5. The topological polar surface area (TPSA) is 81.9 Å². The number of hydrogen-bond donors (Lipinski definition) is 1. The Kier molecular flexibility index (Phi) is 5.31.